The highest BCUT2D eigenvalue weighted by molar-refractivity contribution is 5.79. The first-order chi connectivity index (χ1) is 5.00. The van der Waals surface area contributed by atoms with E-state index in [1.165, 1.54) is 0 Å². The summed E-state index contributed by atoms with van der Waals surface area (Å²) in [7, 11) is 0. The van der Waals surface area contributed by atoms with Crippen molar-refractivity contribution in [2.24, 2.45) is 16.9 Å². The summed E-state index contributed by atoms with van der Waals surface area (Å²) in [4.78, 5) is 10.6. The average molecular weight is 160 g/mol. The van der Waals surface area contributed by atoms with Crippen molar-refractivity contribution < 1.29 is 4.79 Å². The monoisotopic (exact) mass is 160 g/mol. The molecular formula is C8H20N2O. The van der Waals surface area contributed by atoms with Crippen LogP contribution in [0.3, 0.4) is 0 Å². The molecule has 0 rings (SSSR count). The zero-order chi connectivity index (χ0) is 9.49. The van der Waals surface area contributed by atoms with Gasteiger partial charge >= 0.3 is 0 Å². The maximum Gasteiger partial charge on any atom is 0.223 e. The van der Waals surface area contributed by atoms with E-state index in [9.17, 15) is 4.79 Å². The zero-order valence-corrected chi connectivity index (χ0v) is 7.98. The van der Waals surface area contributed by atoms with E-state index >= 15 is 0 Å². The fourth-order valence-corrected chi connectivity index (χ4v) is 0.484. The molecule has 3 nitrogen and oxygen atoms in total. The Morgan fingerprint density at radius 3 is 1.82 bits per heavy atom. The fraction of sp³-hybridized carbons (Fsp3) is 0.875. The van der Waals surface area contributed by atoms with Gasteiger partial charge in [0.25, 0.3) is 0 Å². The van der Waals surface area contributed by atoms with Crippen LogP contribution >= 0.6 is 0 Å². The second-order valence-electron chi connectivity index (χ2n) is 2.79. The molecule has 1 amide bonds. The fourth-order valence-electron chi connectivity index (χ4n) is 0.484. The number of carbonyl (C=O) groups excluding carboxylic acids is 1. The van der Waals surface area contributed by atoms with Crippen molar-refractivity contribution in [2.45, 2.75) is 34.1 Å². The van der Waals surface area contributed by atoms with Gasteiger partial charge < -0.3 is 11.5 Å². The number of nitrogens with two attached hydrogens (primary N) is 2. The Morgan fingerprint density at radius 1 is 1.36 bits per heavy atom. The van der Waals surface area contributed by atoms with Crippen LogP contribution < -0.4 is 11.5 Å². The van der Waals surface area contributed by atoms with Crippen molar-refractivity contribution in [1.29, 1.82) is 0 Å². The van der Waals surface area contributed by atoms with Crippen LogP contribution in [-0.2, 0) is 4.79 Å². The van der Waals surface area contributed by atoms with Crippen molar-refractivity contribution in [3.05, 3.63) is 0 Å². The van der Waals surface area contributed by atoms with Crippen molar-refractivity contribution >= 4 is 5.91 Å². The third-order valence-electron chi connectivity index (χ3n) is 1.44. The summed E-state index contributed by atoms with van der Waals surface area (Å²) in [5, 5.41) is 0. The van der Waals surface area contributed by atoms with Crippen LogP contribution in [0.5, 0.6) is 0 Å². The highest BCUT2D eigenvalue weighted by Gasteiger charge is 2.22. The van der Waals surface area contributed by atoms with Gasteiger partial charge in [-0.25, -0.2) is 0 Å². The predicted octanol–water partition coefficient (Wildman–Crippen LogP) is 0.873. The lowest BCUT2D eigenvalue weighted by Gasteiger charge is -2.18. The van der Waals surface area contributed by atoms with E-state index in [0.29, 0.717) is 13.0 Å². The molecule has 4 N–H and O–H groups in total. The lowest BCUT2D eigenvalue weighted by atomic mass is 9.89. The third-order valence-corrected chi connectivity index (χ3v) is 1.44. The molecule has 0 spiro atoms. The molecule has 0 aromatic carbocycles. The molecule has 3 heteroatoms. The van der Waals surface area contributed by atoms with Gasteiger partial charge in [0.1, 0.15) is 0 Å². The van der Waals surface area contributed by atoms with Gasteiger partial charge in [-0.1, -0.05) is 27.7 Å². The molecule has 0 radical (unpaired) electrons. The van der Waals surface area contributed by atoms with E-state index in [4.69, 9.17) is 11.5 Å². The quantitative estimate of drug-likeness (QED) is 0.643. The molecule has 0 unspecified atom stereocenters. The van der Waals surface area contributed by atoms with E-state index in [-0.39, 0.29) is 5.91 Å². The Morgan fingerprint density at radius 2 is 1.73 bits per heavy atom. The molecule has 0 saturated carbocycles. The molecule has 0 saturated heterocycles. The summed E-state index contributed by atoms with van der Waals surface area (Å²) in [6.45, 7) is 8.10. The Balaban J connectivity index is 0. The summed E-state index contributed by atoms with van der Waals surface area (Å²) in [5.74, 6) is -0.284. The van der Waals surface area contributed by atoms with Gasteiger partial charge in [0.2, 0.25) is 5.91 Å². The van der Waals surface area contributed by atoms with E-state index in [1.807, 2.05) is 13.8 Å². The molecule has 0 aliphatic heterocycles. The first-order valence-corrected chi connectivity index (χ1v) is 4.00. The standard InChI is InChI=1S/C6H14N2O.C2H6/c1-6(2,3-4-7)5(8)9;1-2/h3-4,7H2,1-2H3,(H2,8,9);1-2H3. The number of hydrogen-bond donors (Lipinski definition) is 2. The van der Waals surface area contributed by atoms with E-state index < -0.39 is 5.41 Å². The van der Waals surface area contributed by atoms with Gasteiger partial charge in [0, 0.05) is 5.41 Å². The molecule has 0 aliphatic rings. The van der Waals surface area contributed by atoms with Crippen molar-refractivity contribution in [3.8, 4) is 0 Å². The molecule has 0 aliphatic carbocycles. The number of hydrogen-bond acceptors (Lipinski definition) is 2. The van der Waals surface area contributed by atoms with Crippen LogP contribution in [0.2, 0.25) is 0 Å². The molecule has 0 fully saturated rings. The summed E-state index contributed by atoms with van der Waals surface area (Å²) < 4.78 is 0. The predicted molar refractivity (Wildman–Crippen MR) is 48.0 cm³/mol. The van der Waals surface area contributed by atoms with Crippen LogP contribution in [0.25, 0.3) is 0 Å². The highest BCUT2D eigenvalue weighted by atomic mass is 16.1. The van der Waals surface area contributed by atoms with Gasteiger partial charge in [-0.3, -0.25) is 4.79 Å². The topological polar surface area (TPSA) is 69.1 Å². The minimum absolute atomic E-state index is 0.284. The van der Waals surface area contributed by atoms with Gasteiger partial charge in [-0.15, -0.1) is 0 Å². The lowest BCUT2D eigenvalue weighted by Crippen LogP contribution is -2.33. The van der Waals surface area contributed by atoms with Crippen molar-refractivity contribution in [2.75, 3.05) is 6.54 Å². The van der Waals surface area contributed by atoms with Crippen LogP contribution in [0.15, 0.2) is 0 Å². The second kappa shape index (κ2) is 6.16. The number of carbonyl (C=O) groups is 1. The largest absolute Gasteiger partial charge is 0.369 e. The first-order valence-electron chi connectivity index (χ1n) is 4.00. The Hall–Kier alpha value is -0.570. The number of rotatable bonds is 3. The summed E-state index contributed by atoms with van der Waals surface area (Å²) >= 11 is 0. The average Bonchev–Trinajstić information content (AvgIpc) is 1.92. The molecule has 0 aromatic heterocycles. The van der Waals surface area contributed by atoms with E-state index in [2.05, 4.69) is 0 Å². The smallest absolute Gasteiger partial charge is 0.223 e. The number of amides is 1. The lowest BCUT2D eigenvalue weighted by molar-refractivity contribution is -0.126. The van der Waals surface area contributed by atoms with Crippen molar-refractivity contribution in [3.63, 3.8) is 0 Å². The number of primary amides is 1. The molecular weight excluding hydrogens is 140 g/mol. The van der Waals surface area contributed by atoms with Gasteiger partial charge in [-0.2, -0.15) is 0 Å². The Bertz CT molecular complexity index is 111. The normalized spacial score (nSPS) is 9.91. The van der Waals surface area contributed by atoms with Crippen LogP contribution in [0, 0.1) is 5.41 Å². The summed E-state index contributed by atoms with van der Waals surface area (Å²) in [5.41, 5.74) is 9.87. The second-order valence-corrected chi connectivity index (χ2v) is 2.79. The summed E-state index contributed by atoms with van der Waals surface area (Å²) in [6.07, 6.45) is 0.655. The molecule has 0 bridgehead atoms. The van der Waals surface area contributed by atoms with Crippen LogP contribution in [0.1, 0.15) is 34.1 Å². The molecule has 0 heterocycles. The highest BCUT2D eigenvalue weighted by Crippen LogP contribution is 2.17. The first kappa shape index (κ1) is 13.1. The van der Waals surface area contributed by atoms with Gasteiger partial charge in [0.15, 0.2) is 0 Å². The van der Waals surface area contributed by atoms with Gasteiger partial charge in [0.05, 0.1) is 0 Å². The maximum absolute atomic E-state index is 10.6. The van der Waals surface area contributed by atoms with Crippen molar-refractivity contribution in [1.82, 2.24) is 0 Å². The molecule has 68 valence electrons. The van der Waals surface area contributed by atoms with Gasteiger partial charge in [-0.05, 0) is 13.0 Å². The van der Waals surface area contributed by atoms with Crippen LogP contribution in [0.4, 0.5) is 0 Å². The minimum Gasteiger partial charge on any atom is -0.369 e. The molecule has 11 heavy (non-hydrogen) atoms. The Labute approximate surface area is 69.1 Å². The zero-order valence-electron chi connectivity index (χ0n) is 7.98. The maximum atomic E-state index is 10.6. The van der Waals surface area contributed by atoms with Crippen LogP contribution in [-0.4, -0.2) is 12.5 Å². The summed E-state index contributed by atoms with van der Waals surface area (Å²) in [6, 6.07) is 0. The van der Waals surface area contributed by atoms with E-state index in [1.54, 1.807) is 13.8 Å². The van der Waals surface area contributed by atoms with E-state index in [0.717, 1.165) is 0 Å². The molecule has 0 aromatic rings. The minimum atomic E-state index is -0.436. The third kappa shape index (κ3) is 5.85. The molecule has 0 atom stereocenters. The Kier molecular flexibility index (Phi) is 7.31. The SMILES string of the molecule is CC.CC(C)(CCN)C(N)=O.